The number of nitrogens with one attached hydrogen (secondary N) is 1. The average Bonchev–Trinajstić information content (AvgIpc) is 3.12. The van der Waals surface area contributed by atoms with Gasteiger partial charge in [-0.2, -0.15) is 0 Å². The van der Waals surface area contributed by atoms with E-state index in [4.69, 9.17) is 9.47 Å². The van der Waals surface area contributed by atoms with Crippen LogP contribution in [0.4, 0.5) is 0 Å². The predicted molar refractivity (Wildman–Crippen MR) is 145 cm³/mol. The molecule has 1 N–H and O–H groups in total. The topological polar surface area (TPSA) is 72.8 Å². The quantitative estimate of drug-likeness (QED) is 0.387. The first-order valence-corrected chi connectivity index (χ1v) is 13.0. The van der Waals surface area contributed by atoms with Crippen molar-refractivity contribution in [2.75, 3.05) is 20.0 Å². The molecule has 0 spiro atoms. The number of carbonyl (C=O) groups excluding carboxylic acids is 2. The lowest BCUT2D eigenvalue weighted by Crippen LogP contribution is -2.43. The molecule has 1 unspecified atom stereocenters. The maximum absolute atomic E-state index is 14.0. The molecule has 1 atom stereocenters. The van der Waals surface area contributed by atoms with Crippen LogP contribution in [0.5, 0.6) is 11.5 Å². The summed E-state index contributed by atoms with van der Waals surface area (Å²) < 4.78 is 13.1. The van der Waals surface area contributed by atoms with Crippen molar-refractivity contribution in [3.63, 3.8) is 0 Å². The molecule has 0 aliphatic carbocycles. The second-order valence-electron chi connectivity index (χ2n) is 8.85. The van der Waals surface area contributed by atoms with Gasteiger partial charge in [-0.25, -0.2) is 0 Å². The fourth-order valence-electron chi connectivity index (χ4n) is 4.95. The van der Waals surface area contributed by atoms with Crippen molar-refractivity contribution >= 4 is 34.5 Å². The van der Waals surface area contributed by atoms with Crippen molar-refractivity contribution in [2.24, 2.45) is 7.05 Å². The van der Waals surface area contributed by atoms with Crippen molar-refractivity contribution in [2.45, 2.75) is 24.2 Å². The van der Waals surface area contributed by atoms with Gasteiger partial charge >= 0.3 is 0 Å². The molecule has 0 radical (unpaired) electrons. The van der Waals surface area contributed by atoms with Crippen LogP contribution in [0.3, 0.4) is 0 Å². The van der Waals surface area contributed by atoms with E-state index in [1.807, 2.05) is 79.8 Å². The van der Waals surface area contributed by atoms with Crippen LogP contribution in [0.25, 0.3) is 10.9 Å². The lowest BCUT2D eigenvalue weighted by Gasteiger charge is -2.30. The number of thioether (sulfide) groups is 1. The maximum atomic E-state index is 14.0. The van der Waals surface area contributed by atoms with E-state index in [-0.39, 0.29) is 30.7 Å². The molecule has 0 fully saturated rings. The molecule has 3 aromatic carbocycles. The number of benzene rings is 3. The third-order valence-electron chi connectivity index (χ3n) is 6.76. The molecular formula is C29H29N3O4S. The van der Waals surface area contributed by atoms with Gasteiger partial charge in [0.25, 0.3) is 0 Å². The second kappa shape index (κ2) is 10.6. The maximum Gasteiger partial charge on any atom is 0.247 e. The van der Waals surface area contributed by atoms with Gasteiger partial charge in [0.15, 0.2) is 0 Å². The summed E-state index contributed by atoms with van der Waals surface area (Å²) in [4.78, 5) is 29.3. The number of fused-ring (bicyclic) bond motifs is 3. The zero-order valence-corrected chi connectivity index (χ0v) is 21.9. The van der Waals surface area contributed by atoms with Gasteiger partial charge in [-0.15, -0.1) is 0 Å². The highest BCUT2D eigenvalue weighted by atomic mass is 32.2. The summed E-state index contributed by atoms with van der Waals surface area (Å²) in [5.74, 6) is 1.27. The monoisotopic (exact) mass is 515 g/mol. The Morgan fingerprint density at radius 3 is 2.30 bits per heavy atom. The van der Waals surface area contributed by atoms with Crippen LogP contribution >= 0.6 is 11.8 Å². The number of ether oxygens (including phenoxy) is 2. The molecule has 190 valence electrons. The largest absolute Gasteiger partial charge is 0.496 e. The average molecular weight is 516 g/mol. The summed E-state index contributed by atoms with van der Waals surface area (Å²) in [6.07, 6.45) is 0. The first kappa shape index (κ1) is 24.8. The number of amides is 2. The highest BCUT2D eigenvalue weighted by Crippen LogP contribution is 2.42. The fourth-order valence-corrected chi connectivity index (χ4v) is 6.04. The Balaban J connectivity index is 1.60. The zero-order chi connectivity index (χ0) is 25.9. The number of para-hydroxylation sites is 3. The lowest BCUT2D eigenvalue weighted by atomic mass is 10.0. The number of aryl methyl sites for hydroxylation is 1. The van der Waals surface area contributed by atoms with Gasteiger partial charge < -0.3 is 24.3 Å². The van der Waals surface area contributed by atoms with Gasteiger partial charge in [-0.05, 0) is 18.2 Å². The summed E-state index contributed by atoms with van der Waals surface area (Å²) >= 11 is 1.48. The van der Waals surface area contributed by atoms with Gasteiger partial charge in [0, 0.05) is 41.2 Å². The molecule has 0 saturated heterocycles. The summed E-state index contributed by atoms with van der Waals surface area (Å²) in [6.45, 7) is 0.530. The standard InChI is InChI=1S/C29H29N3O4S/c1-31-22-13-7-6-12-21(22)26-27(28(34)30-16-19-10-4-8-14-23(19)35-2)32(25(33)18-37-29(26)31)17-20-11-5-9-15-24(20)36-3/h4-15,27H,16-18H2,1-3H3,(H,30,34). The van der Waals surface area contributed by atoms with E-state index in [1.54, 1.807) is 19.1 Å². The van der Waals surface area contributed by atoms with E-state index < -0.39 is 6.04 Å². The number of hydrogen-bond donors (Lipinski definition) is 1. The van der Waals surface area contributed by atoms with Gasteiger partial charge in [0.1, 0.15) is 17.5 Å². The Labute approximate surface area is 220 Å². The van der Waals surface area contributed by atoms with E-state index in [0.29, 0.717) is 11.5 Å². The summed E-state index contributed by atoms with van der Waals surface area (Å²) in [5, 5.41) is 4.98. The second-order valence-corrected chi connectivity index (χ2v) is 9.81. The number of nitrogens with zero attached hydrogens (tertiary/aromatic N) is 2. The Morgan fingerprint density at radius 2 is 1.57 bits per heavy atom. The summed E-state index contributed by atoms with van der Waals surface area (Å²) in [5.41, 5.74) is 3.58. The minimum atomic E-state index is -0.816. The third kappa shape index (κ3) is 4.64. The predicted octanol–water partition coefficient (Wildman–Crippen LogP) is 4.69. The van der Waals surface area contributed by atoms with Gasteiger partial charge in [-0.3, -0.25) is 9.59 Å². The first-order chi connectivity index (χ1) is 18.0. The number of aromatic nitrogens is 1. The molecule has 2 amide bonds. The highest BCUT2D eigenvalue weighted by molar-refractivity contribution is 8.00. The first-order valence-electron chi connectivity index (χ1n) is 12.0. The third-order valence-corrected chi connectivity index (χ3v) is 7.91. The van der Waals surface area contributed by atoms with Crippen LogP contribution in [-0.2, 0) is 29.7 Å². The summed E-state index contributed by atoms with van der Waals surface area (Å²) in [6, 6.07) is 22.4. The Bertz CT molecular complexity index is 1460. The van der Waals surface area contributed by atoms with Crippen molar-refractivity contribution in [3.05, 3.63) is 89.5 Å². The summed E-state index contributed by atoms with van der Waals surface area (Å²) in [7, 11) is 5.21. The van der Waals surface area contributed by atoms with Crippen LogP contribution in [-0.4, -0.2) is 41.3 Å². The Kier molecular flexibility index (Phi) is 7.10. The molecule has 0 bridgehead atoms. The SMILES string of the molecule is COc1ccccc1CNC(=O)C1c2c(n(C)c3ccccc23)SCC(=O)N1Cc1ccccc1OC. The molecule has 1 aromatic heterocycles. The number of methoxy groups -OCH3 is 2. The van der Waals surface area contributed by atoms with Crippen LogP contribution in [0.1, 0.15) is 22.7 Å². The minimum Gasteiger partial charge on any atom is -0.496 e. The molecule has 0 saturated carbocycles. The number of hydrogen-bond acceptors (Lipinski definition) is 5. The minimum absolute atomic E-state index is 0.103. The van der Waals surface area contributed by atoms with E-state index in [9.17, 15) is 9.59 Å². The van der Waals surface area contributed by atoms with Crippen LogP contribution in [0, 0.1) is 0 Å². The molecule has 1 aliphatic heterocycles. The molecule has 37 heavy (non-hydrogen) atoms. The normalized spacial score (nSPS) is 15.3. The Hall–Kier alpha value is -3.91. The van der Waals surface area contributed by atoms with E-state index in [0.717, 1.165) is 32.6 Å². The van der Waals surface area contributed by atoms with Crippen LogP contribution in [0.15, 0.2) is 77.8 Å². The van der Waals surface area contributed by atoms with Crippen LogP contribution in [0.2, 0.25) is 0 Å². The molecular weight excluding hydrogens is 486 g/mol. The van der Waals surface area contributed by atoms with E-state index in [1.165, 1.54) is 11.8 Å². The number of rotatable bonds is 7. The van der Waals surface area contributed by atoms with Gasteiger partial charge in [-0.1, -0.05) is 66.4 Å². The molecule has 7 nitrogen and oxygen atoms in total. The molecule has 8 heteroatoms. The van der Waals surface area contributed by atoms with Crippen molar-refractivity contribution < 1.29 is 19.1 Å². The van der Waals surface area contributed by atoms with E-state index in [2.05, 4.69) is 9.88 Å². The highest BCUT2D eigenvalue weighted by Gasteiger charge is 2.39. The smallest absolute Gasteiger partial charge is 0.247 e. The molecule has 1 aliphatic rings. The van der Waals surface area contributed by atoms with Crippen molar-refractivity contribution in [1.82, 2.24) is 14.8 Å². The lowest BCUT2D eigenvalue weighted by molar-refractivity contribution is -0.139. The molecule has 2 heterocycles. The molecule has 4 aromatic rings. The van der Waals surface area contributed by atoms with E-state index >= 15 is 0 Å². The Morgan fingerprint density at radius 1 is 0.946 bits per heavy atom. The van der Waals surface area contributed by atoms with Crippen molar-refractivity contribution in [3.8, 4) is 11.5 Å². The van der Waals surface area contributed by atoms with Gasteiger partial charge in [0.05, 0.1) is 31.5 Å². The fraction of sp³-hybridized carbons (Fsp3) is 0.241. The van der Waals surface area contributed by atoms with Crippen LogP contribution < -0.4 is 14.8 Å². The number of carbonyl (C=O) groups is 2. The van der Waals surface area contributed by atoms with Crippen molar-refractivity contribution in [1.29, 1.82) is 0 Å². The van der Waals surface area contributed by atoms with Gasteiger partial charge in [0.2, 0.25) is 11.8 Å². The molecule has 5 rings (SSSR count). The zero-order valence-electron chi connectivity index (χ0n) is 21.1.